The zero-order valence-corrected chi connectivity index (χ0v) is 13.2. The number of hydrogen-bond acceptors (Lipinski definition) is 4. The van der Waals surface area contributed by atoms with E-state index in [4.69, 9.17) is 11.0 Å². The molecular weight excluding hydrogens is 335 g/mol. The lowest BCUT2D eigenvalue weighted by Gasteiger charge is -2.17. The van der Waals surface area contributed by atoms with Crippen LogP contribution in [0, 0.1) is 17.1 Å². The first kappa shape index (κ1) is 15.3. The molecule has 1 heterocycles. The van der Waals surface area contributed by atoms with E-state index in [1.165, 1.54) is 18.2 Å². The maximum absolute atomic E-state index is 14.1. The number of benzene rings is 1. The molecule has 0 amide bonds. The molecule has 1 aromatic carbocycles. The monoisotopic (exact) mass is 348 g/mol. The Morgan fingerprint density at radius 3 is 2.71 bits per heavy atom. The zero-order valence-electron chi connectivity index (χ0n) is 11.6. The van der Waals surface area contributed by atoms with Gasteiger partial charge in [0.2, 0.25) is 0 Å². The molecule has 0 bridgehead atoms. The maximum atomic E-state index is 14.1. The van der Waals surface area contributed by atoms with Crippen molar-refractivity contribution in [3.05, 3.63) is 40.2 Å². The summed E-state index contributed by atoms with van der Waals surface area (Å²) in [5.74, 6) is -0.522. The van der Waals surface area contributed by atoms with Gasteiger partial charge >= 0.3 is 0 Å². The average molecular weight is 349 g/mol. The summed E-state index contributed by atoms with van der Waals surface area (Å²) in [6.45, 7) is 3.96. The summed E-state index contributed by atoms with van der Waals surface area (Å²) in [5, 5.41) is 12.0. The predicted molar refractivity (Wildman–Crippen MR) is 85.2 cm³/mol. The van der Waals surface area contributed by atoms with Gasteiger partial charge in [-0.1, -0.05) is 0 Å². The lowest BCUT2D eigenvalue weighted by atomic mass is 10.1. The molecule has 2 aromatic rings. The molecule has 0 aliphatic carbocycles. The molecule has 4 nitrogen and oxygen atoms in total. The molecule has 0 spiro atoms. The highest BCUT2D eigenvalue weighted by atomic mass is 79.9. The van der Waals surface area contributed by atoms with Gasteiger partial charge in [0.05, 0.1) is 33.2 Å². The standard InChI is InChI=1S/C15H14BrFN4/c1-8(2)21-15-11(16)7-20-14(13(15)19)10-4-3-9(6-18)5-12(10)17/h3-5,7-8H,19H2,1-2H3,(H,20,21). The van der Waals surface area contributed by atoms with Crippen LogP contribution in [0.5, 0.6) is 0 Å². The summed E-state index contributed by atoms with van der Waals surface area (Å²) in [4.78, 5) is 4.20. The third-order valence-electron chi connectivity index (χ3n) is 2.86. The first-order valence-electron chi connectivity index (χ1n) is 6.34. The molecule has 0 fully saturated rings. The number of nitrogen functional groups attached to an aromatic ring is 1. The Bertz CT molecular complexity index is 722. The minimum Gasteiger partial charge on any atom is -0.395 e. The van der Waals surface area contributed by atoms with Gasteiger partial charge in [-0.15, -0.1) is 0 Å². The number of halogens is 2. The second kappa shape index (κ2) is 6.10. The molecule has 1 aromatic heterocycles. The Labute approximate surface area is 130 Å². The Morgan fingerprint density at radius 2 is 2.14 bits per heavy atom. The molecule has 0 saturated heterocycles. The predicted octanol–water partition coefficient (Wildman–Crippen LogP) is 3.92. The van der Waals surface area contributed by atoms with E-state index in [0.29, 0.717) is 21.5 Å². The van der Waals surface area contributed by atoms with E-state index in [2.05, 4.69) is 26.2 Å². The minimum atomic E-state index is -0.522. The van der Waals surface area contributed by atoms with Crippen LogP contribution in [0.1, 0.15) is 19.4 Å². The van der Waals surface area contributed by atoms with Gasteiger partial charge in [-0.25, -0.2) is 4.39 Å². The van der Waals surface area contributed by atoms with E-state index in [1.54, 1.807) is 6.20 Å². The van der Waals surface area contributed by atoms with Crippen LogP contribution in [-0.4, -0.2) is 11.0 Å². The van der Waals surface area contributed by atoms with Crippen LogP contribution in [-0.2, 0) is 0 Å². The van der Waals surface area contributed by atoms with Crippen molar-refractivity contribution in [1.29, 1.82) is 5.26 Å². The second-order valence-corrected chi connectivity index (χ2v) is 5.70. The fourth-order valence-electron chi connectivity index (χ4n) is 1.93. The molecule has 0 atom stereocenters. The first-order chi connectivity index (χ1) is 9.93. The van der Waals surface area contributed by atoms with E-state index in [0.717, 1.165) is 0 Å². The third-order valence-corrected chi connectivity index (χ3v) is 3.46. The highest BCUT2D eigenvalue weighted by Gasteiger charge is 2.16. The van der Waals surface area contributed by atoms with Gasteiger partial charge < -0.3 is 11.1 Å². The summed E-state index contributed by atoms with van der Waals surface area (Å²) >= 11 is 3.38. The summed E-state index contributed by atoms with van der Waals surface area (Å²) < 4.78 is 14.8. The number of rotatable bonds is 3. The highest BCUT2D eigenvalue weighted by Crippen LogP contribution is 2.36. The molecule has 0 unspecified atom stereocenters. The van der Waals surface area contributed by atoms with E-state index < -0.39 is 5.82 Å². The number of nitriles is 1. The summed E-state index contributed by atoms with van der Waals surface area (Å²) in [5.41, 5.74) is 8.04. The van der Waals surface area contributed by atoms with Crippen LogP contribution in [0.25, 0.3) is 11.3 Å². The summed E-state index contributed by atoms with van der Waals surface area (Å²) in [6, 6.07) is 6.29. The number of nitrogens with two attached hydrogens (primary N) is 1. The van der Waals surface area contributed by atoms with Crippen molar-refractivity contribution in [2.75, 3.05) is 11.1 Å². The van der Waals surface area contributed by atoms with Gasteiger partial charge in [0.15, 0.2) is 0 Å². The smallest absolute Gasteiger partial charge is 0.133 e. The van der Waals surface area contributed by atoms with Crippen molar-refractivity contribution in [3.8, 4) is 17.3 Å². The van der Waals surface area contributed by atoms with Crippen molar-refractivity contribution >= 4 is 27.3 Å². The van der Waals surface area contributed by atoms with Gasteiger partial charge in [0, 0.05) is 17.8 Å². The highest BCUT2D eigenvalue weighted by molar-refractivity contribution is 9.10. The van der Waals surface area contributed by atoms with Gasteiger partial charge in [0.1, 0.15) is 5.82 Å². The van der Waals surface area contributed by atoms with Crippen LogP contribution in [0.4, 0.5) is 15.8 Å². The summed E-state index contributed by atoms with van der Waals surface area (Å²) in [6.07, 6.45) is 1.58. The lowest BCUT2D eigenvalue weighted by Crippen LogP contribution is -2.13. The van der Waals surface area contributed by atoms with Gasteiger partial charge in [-0.05, 0) is 48.0 Å². The van der Waals surface area contributed by atoms with Crippen LogP contribution in [0.3, 0.4) is 0 Å². The molecule has 3 N–H and O–H groups in total. The quantitative estimate of drug-likeness (QED) is 0.881. The number of nitrogens with one attached hydrogen (secondary N) is 1. The molecule has 21 heavy (non-hydrogen) atoms. The van der Waals surface area contributed by atoms with Gasteiger partial charge in [0.25, 0.3) is 0 Å². The maximum Gasteiger partial charge on any atom is 0.133 e. The minimum absolute atomic E-state index is 0.171. The van der Waals surface area contributed by atoms with Crippen LogP contribution in [0.15, 0.2) is 28.9 Å². The fourth-order valence-corrected chi connectivity index (χ4v) is 2.36. The molecule has 0 saturated carbocycles. The molecule has 0 radical (unpaired) electrons. The Hall–Kier alpha value is -2.13. The van der Waals surface area contributed by atoms with Crippen molar-refractivity contribution < 1.29 is 4.39 Å². The number of pyridine rings is 1. The molecule has 6 heteroatoms. The number of hydrogen-bond donors (Lipinski definition) is 2. The topological polar surface area (TPSA) is 74.7 Å². The summed E-state index contributed by atoms with van der Waals surface area (Å²) in [7, 11) is 0. The van der Waals surface area contributed by atoms with Crippen LogP contribution < -0.4 is 11.1 Å². The van der Waals surface area contributed by atoms with E-state index in [1.807, 2.05) is 19.9 Å². The molecule has 2 rings (SSSR count). The second-order valence-electron chi connectivity index (χ2n) is 4.85. The van der Waals surface area contributed by atoms with E-state index >= 15 is 0 Å². The Balaban J connectivity index is 2.58. The first-order valence-corrected chi connectivity index (χ1v) is 7.14. The molecule has 108 valence electrons. The fraction of sp³-hybridized carbons (Fsp3) is 0.200. The van der Waals surface area contributed by atoms with Gasteiger partial charge in [-0.2, -0.15) is 5.26 Å². The number of aromatic nitrogens is 1. The van der Waals surface area contributed by atoms with Crippen LogP contribution in [0.2, 0.25) is 0 Å². The average Bonchev–Trinajstić information content (AvgIpc) is 2.44. The normalized spacial score (nSPS) is 10.5. The van der Waals surface area contributed by atoms with Crippen molar-refractivity contribution in [2.24, 2.45) is 0 Å². The largest absolute Gasteiger partial charge is 0.395 e. The van der Waals surface area contributed by atoms with Crippen molar-refractivity contribution in [2.45, 2.75) is 19.9 Å². The lowest BCUT2D eigenvalue weighted by molar-refractivity contribution is 0.630. The van der Waals surface area contributed by atoms with Crippen LogP contribution >= 0.6 is 15.9 Å². The number of nitrogens with zero attached hydrogens (tertiary/aromatic N) is 2. The SMILES string of the molecule is CC(C)Nc1c(Br)cnc(-c2ccc(C#N)cc2F)c1N. The van der Waals surface area contributed by atoms with Crippen molar-refractivity contribution in [1.82, 2.24) is 4.98 Å². The van der Waals surface area contributed by atoms with E-state index in [-0.39, 0.29) is 17.2 Å². The van der Waals surface area contributed by atoms with E-state index in [9.17, 15) is 4.39 Å². The number of anilines is 2. The molecule has 0 aliphatic heterocycles. The molecular formula is C15H14BrFN4. The van der Waals surface area contributed by atoms with Gasteiger partial charge in [-0.3, -0.25) is 4.98 Å². The van der Waals surface area contributed by atoms with Crippen molar-refractivity contribution in [3.63, 3.8) is 0 Å². The zero-order chi connectivity index (χ0) is 15.6. The third kappa shape index (κ3) is 3.14. The Morgan fingerprint density at radius 1 is 1.43 bits per heavy atom. The Kier molecular flexibility index (Phi) is 4.43. The molecule has 0 aliphatic rings.